The van der Waals surface area contributed by atoms with E-state index in [0.29, 0.717) is 28.9 Å². The first-order chi connectivity index (χ1) is 11.2. The average molecular weight is 347 g/mol. The molecule has 0 aromatic heterocycles. The molecule has 0 saturated carbocycles. The van der Waals surface area contributed by atoms with Crippen molar-refractivity contribution in [1.29, 1.82) is 0 Å². The molecule has 0 atom stereocenters. The molecule has 0 saturated heterocycles. The second kappa shape index (κ2) is 7.23. The van der Waals surface area contributed by atoms with Crippen LogP contribution >= 0.6 is 0 Å². The van der Waals surface area contributed by atoms with E-state index in [1.54, 1.807) is 19.1 Å². The van der Waals surface area contributed by atoms with Crippen LogP contribution in [0.5, 0.6) is 11.5 Å². The Morgan fingerprint density at radius 3 is 1.64 bits per heavy atom. The lowest BCUT2D eigenvalue weighted by molar-refractivity contribution is -0.130. The lowest BCUT2D eigenvalue weighted by Gasteiger charge is -2.36. The smallest absolute Gasteiger partial charge is 0.338 e. The maximum Gasteiger partial charge on any atom is 0.338 e. The van der Waals surface area contributed by atoms with Crippen LogP contribution in [0.25, 0.3) is 0 Å². The zero-order valence-electron chi connectivity index (χ0n) is 17.3. The van der Waals surface area contributed by atoms with Crippen LogP contribution in [-0.4, -0.2) is 11.1 Å². The molecule has 0 spiro atoms. The molecule has 0 unspecified atom stereocenters. The van der Waals surface area contributed by atoms with Gasteiger partial charge in [-0.3, -0.25) is 0 Å². The van der Waals surface area contributed by atoms with Crippen molar-refractivity contribution in [3.8, 4) is 11.5 Å². The zero-order valence-corrected chi connectivity index (χ0v) is 17.3. The maximum absolute atomic E-state index is 12.0. The molecule has 3 nitrogen and oxygen atoms in total. The Hall–Kier alpha value is -1.77. The molecule has 0 aliphatic rings. The Kier molecular flexibility index (Phi) is 6.15. The van der Waals surface area contributed by atoms with E-state index in [4.69, 9.17) is 4.74 Å². The summed E-state index contributed by atoms with van der Waals surface area (Å²) in [6.45, 7) is 22.2. The molecule has 1 aromatic carbocycles. The van der Waals surface area contributed by atoms with Crippen molar-refractivity contribution in [1.82, 2.24) is 0 Å². The van der Waals surface area contributed by atoms with Crippen LogP contribution in [0.15, 0.2) is 24.3 Å². The van der Waals surface area contributed by atoms with E-state index in [0.717, 1.165) is 11.1 Å². The van der Waals surface area contributed by atoms with Crippen LogP contribution in [0.2, 0.25) is 0 Å². The van der Waals surface area contributed by atoms with Crippen molar-refractivity contribution in [3.05, 3.63) is 35.4 Å². The molecular weight excluding hydrogens is 312 g/mol. The third-order valence-corrected chi connectivity index (χ3v) is 5.92. The van der Waals surface area contributed by atoms with Gasteiger partial charge in [-0.2, -0.15) is 0 Å². The van der Waals surface area contributed by atoms with E-state index in [2.05, 4.69) is 62.0 Å². The summed E-state index contributed by atoms with van der Waals surface area (Å²) in [4.78, 5) is 12.0. The van der Waals surface area contributed by atoms with Gasteiger partial charge in [0.1, 0.15) is 11.5 Å². The zero-order chi connectivity index (χ0) is 19.7. The van der Waals surface area contributed by atoms with Crippen molar-refractivity contribution in [2.45, 2.75) is 73.1 Å². The van der Waals surface area contributed by atoms with Gasteiger partial charge in [0.15, 0.2) is 0 Å². The van der Waals surface area contributed by atoms with Gasteiger partial charge in [0, 0.05) is 16.7 Å². The number of esters is 1. The Bertz CT molecular complexity index is 623. The predicted octanol–water partition coefficient (Wildman–Crippen LogP) is 5.74. The van der Waals surface area contributed by atoms with E-state index < -0.39 is 5.97 Å². The molecule has 0 heterocycles. The van der Waals surface area contributed by atoms with E-state index in [9.17, 15) is 9.90 Å². The van der Waals surface area contributed by atoms with Crippen molar-refractivity contribution < 1.29 is 14.6 Å². The molecule has 0 aliphatic carbocycles. The molecule has 140 valence electrons. The minimum atomic E-state index is -0.452. The molecule has 0 fully saturated rings. The van der Waals surface area contributed by atoms with Gasteiger partial charge < -0.3 is 9.84 Å². The number of carbonyl (C=O) groups excluding carboxylic acids is 1. The van der Waals surface area contributed by atoms with E-state index >= 15 is 0 Å². The Balaban J connectivity index is 3.68. The molecule has 0 amide bonds. The summed E-state index contributed by atoms with van der Waals surface area (Å²) in [5, 5.41) is 11.1. The summed E-state index contributed by atoms with van der Waals surface area (Å²) in [7, 11) is 0. The summed E-state index contributed by atoms with van der Waals surface area (Å²) in [5.41, 5.74) is 1.42. The average Bonchev–Trinajstić information content (AvgIpc) is 2.47. The number of phenolic OH excluding ortho intramolecular Hbond substituents is 1. The molecule has 25 heavy (non-hydrogen) atoms. The summed E-state index contributed by atoms with van der Waals surface area (Å²) >= 11 is 0. The quantitative estimate of drug-likeness (QED) is 0.406. The summed E-state index contributed by atoms with van der Waals surface area (Å²) in [5.74, 6) is 0.916. The fourth-order valence-corrected chi connectivity index (χ4v) is 2.47. The molecule has 1 aromatic rings. The highest BCUT2D eigenvalue weighted by molar-refractivity contribution is 5.88. The number of hydrogen-bond donors (Lipinski definition) is 1. The third-order valence-electron chi connectivity index (χ3n) is 5.92. The highest BCUT2D eigenvalue weighted by atomic mass is 16.5. The highest BCUT2D eigenvalue weighted by Gasteiger charge is 2.35. The molecular formula is C22H34O3. The minimum absolute atomic E-state index is 0.266. The van der Waals surface area contributed by atoms with Gasteiger partial charge >= 0.3 is 5.97 Å². The van der Waals surface area contributed by atoms with Crippen molar-refractivity contribution in [2.75, 3.05) is 0 Å². The second-order valence-electron chi connectivity index (χ2n) is 8.79. The standard InChI is InChI=1S/C22H34O3/c1-13(2)20(24)25-16-11-17(21(7,8)14(3)4)19(23)18(12-16)22(9,10)15(5)6/h11-12,14-15,23H,1H2,2-10H3. The first kappa shape index (κ1) is 21.3. The monoisotopic (exact) mass is 346 g/mol. The van der Waals surface area contributed by atoms with Crippen LogP contribution in [0.1, 0.15) is 73.4 Å². The van der Waals surface area contributed by atoms with E-state index in [1.165, 1.54) is 0 Å². The van der Waals surface area contributed by atoms with Crippen LogP contribution < -0.4 is 4.74 Å². The van der Waals surface area contributed by atoms with Crippen LogP contribution in [0, 0.1) is 11.8 Å². The fourth-order valence-electron chi connectivity index (χ4n) is 2.47. The van der Waals surface area contributed by atoms with Gasteiger partial charge in [0.2, 0.25) is 0 Å². The van der Waals surface area contributed by atoms with Gasteiger partial charge in [-0.25, -0.2) is 4.79 Å². The van der Waals surface area contributed by atoms with Gasteiger partial charge in [0.25, 0.3) is 0 Å². The topological polar surface area (TPSA) is 46.5 Å². The second-order valence-corrected chi connectivity index (χ2v) is 8.79. The summed E-state index contributed by atoms with van der Waals surface area (Å²) in [6.07, 6.45) is 0. The van der Waals surface area contributed by atoms with Crippen molar-refractivity contribution in [3.63, 3.8) is 0 Å². The normalized spacial score (nSPS) is 12.6. The molecule has 0 bridgehead atoms. The number of carbonyl (C=O) groups is 1. The summed E-state index contributed by atoms with van der Waals surface area (Å²) < 4.78 is 5.51. The molecule has 0 aliphatic heterocycles. The molecule has 3 heteroatoms. The van der Waals surface area contributed by atoms with Gasteiger partial charge in [-0.1, -0.05) is 62.0 Å². The molecule has 1 rings (SSSR count). The number of rotatable bonds is 6. The Labute approximate surface area is 153 Å². The first-order valence-corrected chi connectivity index (χ1v) is 8.98. The SMILES string of the molecule is C=C(C)C(=O)Oc1cc(C(C)(C)C(C)C)c(O)c(C(C)(C)C(C)C)c1. The van der Waals surface area contributed by atoms with Gasteiger partial charge in [0.05, 0.1) is 0 Å². The predicted molar refractivity (Wildman–Crippen MR) is 104 cm³/mol. The lowest BCUT2D eigenvalue weighted by atomic mass is 9.70. The van der Waals surface area contributed by atoms with Gasteiger partial charge in [-0.15, -0.1) is 0 Å². The van der Waals surface area contributed by atoms with Crippen molar-refractivity contribution in [2.24, 2.45) is 11.8 Å². The Morgan fingerprint density at radius 1 is 1.00 bits per heavy atom. The maximum atomic E-state index is 12.0. The fraction of sp³-hybridized carbons (Fsp3) is 0.591. The Morgan fingerprint density at radius 2 is 1.36 bits per heavy atom. The molecule has 0 radical (unpaired) electrons. The van der Waals surface area contributed by atoms with Crippen LogP contribution in [0.3, 0.4) is 0 Å². The van der Waals surface area contributed by atoms with Crippen LogP contribution in [-0.2, 0) is 15.6 Å². The number of phenols is 1. The summed E-state index contributed by atoms with van der Waals surface area (Å²) in [6, 6.07) is 3.58. The third kappa shape index (κ3) is 4.26. The highest BCUT2D eigenvalue weighted by Crippen LogP contribution is 2.46. The van der Waals surface area contributed by atoms with E-state index in [-0.39, 0.29) is 10.8 Å². The largest absolute Gasteiger partial charge is 0.507 e. The van der Waals surface area contributed by atoms with Crippen LogP contribution in [0.4, 0.5) is 0 Å². The minimum Gasteiger partial charge on any atom is -0.507 e. The number of benzene rings is 1. The number of aromatic hydroxyl groups is 1. The first-order valence-electron chi connectivity index (χ1n) is 8.98. The number of ether oxygens (including phenoxy) is 1. The molecule has 1 N–H and O–H groups in total. The number of hydrogen-bond acceptors (Lipinski definition) is 3. The van der Waals surface area contributed by atoms with Crippen molar-refractivity contribution >= 4 is 5.97 Å². The van der Waals surface area contributed by atoms with Gasteiger partial charge in [-0.05, 0) is 41.7 Å². The van der Waals surface area contributed by atoms with E-state index in [1.807, 2.05) is 0 Å². The lowest BCUT2D eigenvalue weighted by Crippen LogP contribution is -2.28.